The molecule has 4 aromatic rings. The fourth-order valence-electron chi connectivity index (χ4n) is 3.28. The van der Waals surface area contributed by atoms with E-state index < -0.39 is 0 Å². The molecule has 7 nitrogen and oxygen atoms in total. The number of carbonyl (C=O) groups excluding carboxylic acids is 1. The van der Waals surface area contributed by atoms with Crippen LogP contribution in [0.15, 0.2) is 71.6 Å². The predicted octanol–water partition coefficient (Wildman–Crippen LogP) is 4.80. The molecule has 2 aromatic heterocycles. The van der Waals surface area contributed by atoms with E-state index in [4.69, 9.17) is 9.26 Å². The number of ether oxygens (including phenoxy) is 1. The highest BCUT2D eigenvalue weighted by Crippen LogP contribution is 2.41. The molecular formula is C23H20N4O3. The maximum absolute atomic E-state index is 12.7. The van der Waals surface area contributed by atoms with Crippen molar-refractivity contribution < 1.29 is 14.1 Å². The summed E-state index contributed by atoms with van der Waals surface area (Å²) in [5.74, 6) is 0.678. The molecule has 4 rings (SSSR count). The fraction of sp³-hybridized carbons (Fsp3) is 0.130. The molecule has 0 N–H and O–H groups in total. The zero-order valence-corrected chi connectivity index (χ0v) is 16.9. The highest BCUT2D eigenvalue weighted by Gasteiger charge is 2.28. The van der Waals surface area contributed by atoms with Crippen molar-refractivity contribution in [1.82, 2.24) is 15.1 Å². The Morgan fingerprint density at radius 2 is 1.93 bits per heavy atom. The lowest BCUT2D eigenvalue weighted by atomic mass is 10.0. The van der Waals surface area contributed by atoms with E-state index in [0.717, 1.165) is 11.1 Å². The van der Waals surface area contributed by atoms with Gasteiger partial charge in [-0.25, -0.2) is 14.9 Å². The maximum atomic E-state index is 12.7. The van der Waals surface area contributed by atoms with Gasteiger partial charge in [0.1, 0.15) is 17.8 Å². The first-order valence-electron chi connectivity index (χ1n) is 9.36. The Balaban J connectivity index is 1.95. The first-order valence-corrected chi connectivity index (χ1v) is 9.36. The summed E-state index contributed by atoms with van der Waals surface area (Å²) in [6.45, 7) is 3.48. The molecule has 1 amide bonds. The number of anilines is 2. The summed E-state index contributed by atoms with van der Waals surface area (Å²) in [4.78, 5) is 22.5. The zero-order valence-electron chi connectivity index (χ0n) is 16.9. The van der Waals surface area contributed by atoms with Gasteiger partial charge in [0.15, 0.2) is 0 Å². The lowest BCUT2D eigenvalue weighted by molar-refractivity contribution is -0.116. The summed E-state index contributed by atoms with van der Waals surface area (Å²) in [6.07, 6.45) is 3.10. The van der Waals surface area contributed by atoms with Crippen molar-refractivity contribution in [2.45, 2.75) is 13.8 Å². The van der Waals surface area contributed by atoms with E-state index in [1.165, 1.54) is 18.2 Å². The Bertz CT molecular complexity index is 1190. The van der Waals surface area contributed by atoms with Crippen LogP contribution in [-0.2, 0) is 4.79 Å². The molecule has 0 radical (unpaired) electrons. The first-order chi connectivity index (χ1) is 14.6. The van der Waals surface area contributed by atoms with E-state index in [2.05, 4.69) is 15.1 Å². The third kappa shape index (κ3) is 3.65. The van der Waals surface area contributed by atoms with Crippen LogP contribution in [-0.4, -0.2) is 28.1 Å². The van der Waals surface area contributed by atoms with E-state index in [0.29, 0.717) is 28.4 Å². The van der Waals surface area contributed by atoms with Gasteiger partial charge in [-0.2, -0.15) is 0 Å². The minimum Gasteiger partial charge on any atom is -0.497 e. The van der Waals surface area contributed by atoms with Gasteiger partial charge < -0.3 is 9.26 Å². The number of hydrogen-bond acceptors (Lipinski definition) is 6. The lowest BCUT2D eigenvalue weighted by Crippen LogP contribution is -2.23. The Hall–Kier alpha value is -4.00. The third-order valence-corrected chi connectivity index (χ3v) is 4.63. The molecule has 0 saturated carbocycles. The fourth-order valence-corrected chi connectivity index (χ4v) is 3.28. The number of methoxy groups -OCH3 is 1. The zero-order chi connectivity index (χ0) is 21.1. The van der Waals surface area contributed by atoms with Crippen LogP contribution in [0, 0.1) is 6.92 Å². The molecular weight excluding hydrogens is 380 g/mol. The van der Waals surface area contributed by atoms with Gasteiger partial charge in [0.25, 0.3) is 0 Å². The Labute approximate surface area is 174 Å². The maximum Gasteiger partial charge on any atom is 0.248 e. The Morgan fingerprint density at radius 1 is 1.10 bits per heavy atom. The van der Waals surface area contributed by atoms with Crippen molar-refractivity contribution in [2.24, 2.45) is 0 Å². The molecule has 0 spiro atoms. The number of aromatic nitrogens is 3. The summed E-state index contributed by atoms with van der Waals surface area (Å²) in [6, 6.07) is 16.9. The molecule has 30 heavy (non-hydrogen) atoms. The molecule has 0 fully saturated rings. The normalized spacial score (nSPS) is 10.6. The molecule has 150 valence electrons. The first kappa shape index (κ1) is 19.3. The van der Waals surface area contributed by atoms with Crippen molar-refractivity contribution in [3.8, 4) is 28.3 Å². The molecule has 0 aliphatic carbocycles. The summed E-state index contributed by atoms with van der Waals surface area (Å²) < 4.78 is 11.1. The van der Waals surface area contributed by atoms with Crippen LogP contribution in [0.2, 0.25) is 0 Å². The molecule has 7 heteroatoms. The summed E-state index contributed by atoms with van der Waals surface area (Å²) >= 11 is 0. The summed E-state index contributed by atoms with van der Waals surface area (Å²) in [5.41, 5.74) is 4.37. The average Bonchev–Trinajstić information content (AvgIpc) is 3.19. The van der Waals surface area contributed by atoms with Crippen molar-refractivity contribution in [3.05, 3.63) is 72.7 Å². The van der Waals surface area contributed by atoms with Crippen LogP contribution in [0.5, 0.6) is 5.75 Å². The Morgan fingerprint density at radius 3 is 2.63 bits per heavy atom. The van der Waals surface area contributed by atoms with Crippen LogP contribution in [0.4, 0.5) is 11.6 Å². The quantitative estimate of drug-likeness (QED) is 0.479. The molecule has 0 unspecified atom stereocenters. The standard InChI is InChI=1S/C23H20N4O3/c1-15-6-4-7-17(12-15)22-21(20-10-11-24-14-25-20)23(30-26-22)27(16(2)28)18-8-5-9-19(13-18)29-3/h4-14H,1-3H3. The van der Waals surface area contributed by atoms with E-state index in [-0.39, 0.29) is 11.8 Å². The second kappa shape index (κ2) is 8.16. The molecule has 2 aromatic carbocycles. The van der Waals surface area contributed by atoms with Crippen LogP contribution in [0.1, 0.15) is 12.5 Å². The number of amides is 1. The number of carbonyl (C=O) groups is 1. The van der Waals surface area contributed by atoms with Crippen molar-refractivity contribution in [3.63, 3.8) is 0 Å². The third-order valence-electron chi connectivity index (χ3n) is 4.63. The molecule has 2 heterocycles. The van der Waals surface area contributed by atoms with Crippen LogP contribution < -0.4 is 9.64 Å². The monoisotopic (exact) mass is 400 g/mol. The van der Waals surface area contributed by atoms with Crippen LogP contribution in [0.25, 0.3) is 22.5 Å². The van der Waals surface area contributed by atoms with Gasteiger partial charge in [-0.1, -0.05) is 35.0 Å². The van der Waals surface area contributed by atoms with Gasteiger partial charge in [-0.3, -0.25) is 4.79 Å². The smallest absolute Gasteiger partial charge is 0.248 e. The minimum absolute atomic E-state index is 0.231. The SMILES string of the molecule is COc1cccc(N(C(C)=O)c2onc(-c3cccc(C)c3)c2-c2ccncn2)c1. The predicted molar refractivity (Wildman–Crippen MR) is 114 cm³/mol. The highest BCUT2D eigenvalue weighted by molar-refractivity contribution is 6.03. The van der Waals surface area contributed by atoms with Crippen LogP contribution >= 0.6 is 0 Å². The van der Waals surface area contributed by atoms with E-state index in [9.17, 15) is 4.79 Å². The van der Waals surface area contributed by atoms with Crippen molar-refractivity contribution >= 4 is 17.5 Å². The van der Waals surface area contributed by atoms with E-state index in [1.807, 2.05) is 49.4 Å². The summed E-state index contributed by atoms with van der Waals surface area (Å²) in [5, 5.41) is 4.31. The molecule has 0 aliphatic rings. The highest BCUT2D eigenvalue weighted by atomic mass is 16.5. The van der Waals surface area contributed by atoms with E-state index in [1.54, 1.807) is 25.4 Å². The number of hydrogen-bond donors (Lipinski definition) is 0. The molecule has 0 saturated heterocycles. The number of rotatable bonds is 5. The van der Waals surface area contributed by atoms with E-state index >= 15 is 0 Å². The second-order valence-corrected chi connectivity index (χ2v) is 6.73. The van der Waals surface area contributed by atoms with Gasteiger partial charge in [0.05, 0.1) is 24.1 Å². The van der Waals surface area contributed by atoms with Gasteiger partial charge >= 0.3 is 0 Å². The van der Waals surface area contributed by atoms with Gasteiger partial charge in [0, 0.05) is 24.8 Å². The minimum atomic E-state index is -0.231. The topological polar surface area (TPSA) is 81.4 Å². The molecule has 0 atom stereocenters. The summed E-state index contributed by atoms with van der Waals surface area (Å²) in [7, 11) is 1.58. The van der Waals surface area contributed by atoms with Gasteiger partial charge in [-0.15, -0.1) is 0 Å². The number of aryl methyl sites for hydroxylation is 1. The Kier molecular flexibility index (Phi) is 5.26. The van der Waals surface area contributed by atoms with Crippen molar-refractivity contribution in [2.75, 3.05) is 12.0 Å². The van der Waals surface area contributed by atoms with Gasteiger partial charge in [-0.05, 0) is 31.2 Å². The number of nitrogens with zero attached hydrogens (tertiary/aromatic N) is 4. The number of benzene rings is 2. The second-order valence-electron chi connectivity index (χ2n) is 6.73. The molecule has 0 aliphatic heterocycles. The van der Waals surface area contributed by atoms with Crippen molar-refractivity contribution in [1.29, 1.82) is 0 Å². The lowest BCUT2D eigenvalue weighted by Gasteiger charge is -2.19. The average molecular weight is 400 g/mol. The molecule has 0 bridgehead atoms. The van der Waals surface area contributed by atoms with Gasteiger partial charge in [0.2, 0.25) is 11.8 Å². The largest absolute Gasteiger partial charge is 0.497 e. The van der Waals surface area contributed by atoms with Crippen LogP contribution in [0.3, 0.4) is 0 Å².